The van der Waals surface area contributed by atoms with Crippen molar-refractivity contribution in [2.45, 2.75) is 24.6 Å². The van der Waals surface area contributed by atoms with Crippen LogP contribution in [0.3, 0.4) is 0 Å². The van der Waals surface area contributed by atoms with Crippen molar-refractivity contribution in [2.24, 2.45) is 0 Å². The zero-order chi connectivity index (χ0) is 9.84. The summed E-state index contributed by atoms with van der Waals surface area (Å²) in [6, 6.07) is 0. The van der Waals surface area contributed by atoms with Gasteiger partial charge in [0, 0.05) is 5.88 Å². The molecule has 1 saturated heterocycles. The zero-order valence-corrected chi connectivity index (χ0v) is 7.72. The van der Waals surface area contributed by atoms with Crippen LogP contribution in [0.1, 0.15) is 0 Å². The Labute approximate surface area is 80.8 Å². The van der Waals surface area contributed by atoms with Gasteiger partial charge < -0.3 is 24.8 Å². The molecule has 1 rings (SSSR count). The Balaban J connectivity index is 2.40. The Morgan fingerprint density at radius 1 is 1.31 bits per heavy atom. The summed E-state index contributed by atoms with van der Waals surface area (Å²) in [5.74, 6) is 0.284. The van der Waals surface area contributed by atoms with E-state index in [9.17, 15) is 10.2 Å². The molecule has 0 aromatic rings. The molecule has 1 unspecified atom stereocenters. The fourth-order valence-electron chi connectivity index (χ4n) is 1.16. The molecule has 0 amide bonds. The van der Waals surface area contributed by atoms with Crippen LogP contribution in [0, 0.1) is 0 Å². The number of halogens is 1. The quantitative estimate of drug-likeness (QED) is 0.504. The maximum absolute atomic E-state index is 9.33. The van der Waals surface area contributed by atoms with Gasteiger partial charge in [-0.05, 0) is 0 Å². The third-order valence-electron chi connectivity index (χ3n) is 1.86. The first-order chi connectivity index (χ1) is 6.20. The van der Waals surface area contributed by atoms with Crippen molar-refractivity contribution in [3.8, 4) is 0 Å². The Hall–Kier alpha value is 0.0900. The van der Waals surface area contributed by atoms with Gasteiger partial charge in [-0.15, -0.1) is 11.6 Å². The normalized spacial score (nSPS) is 39.7. The predicted molar refractivity (Wildman–Crippen MR) is 44.4 cm³/mol. The SMILES string of the molecule is OC[C@H]1OC(OCCCl)[C@@H](O)[C@@H]1O. The van der Waals surface area contributed by atoms with Gasteiger partial charge in [0.15, 0.2) is 6.29 Å². The molecule has 1 fully saturated rings. The van der Waals surface area contributed by atoms with Crippen LogP contribution in [0.15, 0.2) is 0 Å². The Bertz CT molecular complexity index is 156. The molecule has 1 aliphatic heterocycles. The van der Waals surface area contributed by atoms with E-state index in [1.807, 2.05) is 0 Å². The molecule has 6 heteroatoms. The molecule has 0 saturated carbocycles. The van der Waals surface area contributed by atoms with Gasteiger partial charge in [-0.2, -0.15) is 0 Å². The lowest BCUT2D eigenvalue weighted by Crippen LogP contribution is -2.34. The molecule has 4 atom stereocenters. The smallest absolute Gasteiger partial charge is 0.186 e. The fourth-order valence-corrected chi connectivity index (χ4v) is 1.25. The van der Waals surface area contributed by atoms with Gasteiger partial charge in [0.1, 0.15) is 18.3 Å². The molecule has 1 aliphatic rings. The van der Waals surface area contributed by atoms with Gasteiger partial charge in [-0.1, -0.05) is 0 Å². The summed E-state index contributed by atoms with van der Waals surface area (Å²) in [6.45, 7) is -0.118. The van der Waals surface area contributed by atoms with Crippen LogP contribution in [-0.2, 0) is 9.47 Å². The van der Waals surface area contributed by atoms with Gasteiger partial charge >= 0.3 is 0 Å². The molecule has 0 radical (unpaired) electrons. The van der Waals surface area contributed by atoms with Crippen molar-refractivity contribution < 1.29 is 24.8 Å². The van der Waals surface area contributed by atoms with E-state index in [0.717, 1.165) is 0 Å². The van der Waals surface area contributed by atoms with Gasteiger partial charge in [0.05, 0.1) is 13.2 Å². The van der Waals surface area contributed by atoms with Crippen molar-refractivity contribution in [3.05, 3.63) is 0 Å². The van der Waals surface area contributed by atoms with E-state index in [2.05, 4.69) is 0 Å². The third-order valence-corrected chi connectivity index (χ3v) is 2.01. The Morgan fingerprint density at radius 2 is 2.00 bits per heavy atom. The number of alkyl halides is 1. The molecular weight excluding hydrogens is 200 g/mol. The van der Waals surface area contributed by atoms with Crippen molar-refractivity contribution >= 4 is 11.6 Å². The topological polar surface area (TPSA) is 79.2 Å². The lowest BCUT2D eigenvalue weighted by Gasteiger charge is -2.14. The van der Waals surface area contributed by atoms with Crippen LogP contribution in [0.2, 0.25) is 0 Å². The second-order valence-corrected chi connectivity index (χ2v) is 3.14. The average molecular weight is 213 g/mol. The largest absolute Gasteiger partial charge is 0.394 e. The lowest BCUT2D eigenvalue weighted by atomic mass is 10.1. The molecule has 13 heavy (non-hydrogen) atoms. The van der Waals surface area contributed by atoms with Gasteiger partial charge in [0.2, 0.25) is 0 Å². The number of aliphatic hydroxyl groups is 3. The maximum Gasteiger partial charge on any atom is 0.186 e. The standard InChI is InChI=1S/C7H13ClO5/c8-1-2-12-7-6(11)5(10)4(3-9)13-7/h4-7,9-11H,1-3H2/t4-,5-,6+,7?/m1/s1. The summed E-state index contributed by atoms with van der Waals surface area (Å²) >= 11 is 5.36. The van der Waals surface area contributed by atoms with Crippen LogP contribution < -0.4 is 0 Å². The summed E-state index contributed by atoms with van der Waals surface area (Å²) in [5, 5.41) is 27.3. The number of hydrogen-bond donors (Lipinski definition) is 3. The minimum absolute atomic E-state index is 0.230. The van der Waals surface area contributed by atoms with Crippen LogP contribution in [0.25, 0.3) is 0 Å². The minimum atomic E-state index is -1.12. The molecular formula is C7H13ClO5. The molecule has 0 spiro atoms. The van der Waals surface area contributed by atoms with Crippen LogP contribution in [-0.4, -0.2) is 59.0 Å². The van der Waals surface area contributed by atoms with E-state index in [0.29, 0.717) is 0 Å². The second kappa shape index (κ2) is 5.09. The molecule has 1 heterocycles. The number of rotatable bonds is 4. The van der Waals surface area contributed by atoms with E-state index in [1.54, 1.807) is 0 Å². The highest BCUT2D eigenvalue weighted by atomic mass is 35.5. The van der Waals surface area contributed by atoms with E-state index in [4.69, 9.17) is 26.2 Å². The number of hydrogen-bond acceptors (Lipinski definition) is 5. The van der Waals surface area contributed by atoms with E-state index >= 15 is 0 Å². The zero-order valence-electron chi connectivity index (χ0n) is 6.97. The molecule has 0 bridgehead atoms. The first-order valence-electron chi connectivity index (χ1n) is 4.00. The van der Waals surface area contributed by atoms with Gasteiger partial charge in [-0.3, -0.25) is 0 Å². The highest BCUT2D eigenvalue weighted by Gasteiger charge is 2.42. The molecule has 78 valence electrons. The summed E-state index contributed by atoms with van der Waals surface area (Å²) in [5.41, 5.74) is 0. The highest BCUT2D eigenvalue weighted by Crippen LogP contribution is 2.21. The Morgan fingerprint density at radius 3 is 2.46 bits per heavy atom. The lowest BCUT2D eigenvalue weighted by molar-refractivity contribution is -0.166. The maximum atomic E-state index is 9.33. The summed E-state index contributed by atoms with van der Waals surface area (Å²) in [4.78, 5) is 0. The van der Waals surface area contributed by atoms with E-state index < -0.39 is 24.6 Å². The molecule has 3 N–H and O–H groups in total. The van der Waals surface area contributed by atoms with Crippen LogP contribution in [0.5, 0.6) is 0 Å². The van der Waals surface area contributed by atoms with Gasteiger partial charge in [-0.25, -0.2) is 0 Å². The van der Waals surface area contributed by atoms with E-state index in [1.165, 1.54) is 0 Å². The van der Waals surface area contributed by atoms with Crippen molar-refractivity contribution in [3.63, 3.8) is 0 Å². The molecule has 0 aromatic heterocycles. The Kier molecular flexibility index (Phi) is 4.37. The fraction of sp³-hybridized carbons (Fsp3) is 1.00. The number of ether oxygens (including phenoxy) is 2. The number of aliphatic hydroxyl groups excluding tert-OH is 3. The molecule has 0 aliphatic carbocycles. The summed E-state index contributed by atoms with van der Waals surface area (Å²) < 4.78 is 10.00. The first-order valence-corrected chi connectivity index (χ1v) is 4.54. The van der Waals surface area contributed by atoms with Crippen molar-refractivity contribution in [2.75, 3.05) is 19.1 Å². The van der Waals surface area contributed by atoms with Gasteiger partial charge in [0.25, 0.3) is 0 Å². The van der Waals surface area contributed by atoms with E-state index in [-0.39, 0.29) is 19.1 Å². The average Bonchev–Trinajstić information content (AvgIpc) is 2.41. The van der Waals surface area contributed by atoms with Crippen molar-refractivity contribution in [1.82, 2.24) is 0 Å². The minimum Gasteiger partial charge on any atom is -0.394 e. The first kappa shape index (κ1) is 11.2. The second-order valence-electron chi connectivity index (χ2n) is 2.77. The monoisotopic (exact) mass is 212 g/mol. The van der Waals surface area contributed by atoms with Crippen LogP contribution in [0.4, 0.5) is 0 Å². The van der Waals surface area contributed by atoms with Crippen LogP contribution >= 0.6 is 11.6 Å². The molecule has 5 nitrogen and oxygen atoms in total. The summed E-state index contributed by atoms with van der Waals surface area (Å²) in [6.07, 6.45) is -3.91. The summed E-state index contributed by atoms with van der Waals surface area (Å²) in [7, 11) is 0. The predicted octanol–water partition coefficient (Wildman–Crippen LogP) is -1.32. The third kappa shape index (κ3) is 2.52. The highest BCUT2D eigenvalue weighted by molar-refractivity contribution is 6.17. The van der Waals surface area contributed by atoms with Crippen molar-refractivity contribution in [1.29, 1.82) is 0 Å². The molecule has 0 aromatic carbocycles.